The molecule has 0 unspecified atom stereocenters. The maximum absolute atomic E-state index is 11.3. The Morgan fingerprint density at radius 2 is 2.13 bits per heavy atom. The Kier molecular flexibility index (Phi) is 3.41. The normalized spacial score (nSPS) is 11.1. The number of nitrogens with one attached hydrogen (secondary N) is 1. The van der Waals surface area contributed by atoms with Crippen molar-refractivity contribution in [2.24, 2.45) is 0 Å². The van der Waals surface area contributed by atoms with Crippen molar-refractivity contribution in [2.45, 2.75) is 6.92 Å². The number of aromatic hydroxyl groups is 1. The molecule has 0 aliphatic heterocycles. The third-order valence-corrected chi connectivity index (χ3v) is 3.14. The first-order chi connectivity index (χ1) is 6.98. The van der Waals surface area contributed by atoms with Crippen LogP contribution in [-0.4, -0.2) is 26.4 Å². The van der Waals surface area contributed by atoms with Crippen molar-refractivity contribution in [2.75, 3.05) is 17.6 Å². The smallest absolute Gasteiger partial charge is 0.232 e. The molecule has 0 heterocycles. The lowest BCUT2D eigenvalue weighted by atomic mass is 10.3. The van der Waals surface area contributed by atoms with E-state index in [-0.39, 0.29) is 17.2 Å². The molecular formula is C9H13NO4S. The molecule has 5 nitrogen and oxygen atoms in total. The molecule has 1 aromatic rings. The highest BCUT2D eigenvalue weighted by Gasteiger charge is 2.10. The predicted molar refractivity (Wildman–Crippen MR) is 57.7 cm³/mol. The van der Waals surface area contributed by atoms with Gasteiger partial charge in [-0.15, -0.1) is 0 Å². The molecule has 0 spiro atoms. The van der Waals surface area contributed by atoms with Crippen LogP contribution in [0.2, 0.25) is 0 Å². The molecular weight excluding hydrogens is 218 g/mol. The Bertz CT molecular complexity index is 441. The summed E-state index contributed by atoms with van der Waals surface area (Å²) in [5.41, 5.74) is 0.121. The zero-order chi connectivity index (χ0) is 11.5. The number of phenols is 1. The van der Waals surface area contributed by atoms with Crippen molar-refractivity contribution in [1.29, 1.82) is 0 Å². The van der Waals surface area contributed by atoms with Gasteiger partial charge >= 0.3 is 0 Å². The fourth-order valence-electron chi connectivity index (χ4n) is 0.964. The monoisotopic (exact) mass is 231 g/mol. The Hall–Kier alpha value is -1.43. The number of benzene rings is 1. The van der Waals surface area contributed by atoms with Gasteiger partial charge in [0.2, 0.25) is 10.0 Å². The van der Waals surface area contributed by atoms with Gasteiger partial charge < -0.3 is 9.84 Å². The molecule has 0 atom stereocenters. The first kappa shape index (κ1) is 11.6. The van der Waals surface area contributed by atoms with Gasteiger partial charge in [0.15, 0.2) is 0 Å². The summed E-state index contributed by atoms with van der Waals surface area (Å²) in [6.07, 6.45) is 0. The molecule has 0 amide bonds. The number of ether oxygens (including phenoxy) is 1. The molecule has 0 bridgehead atoms. The SMILES string of the molecule is CCS(=O)(=O)Nc1cc(OC)ccc1O. The van der Waals surface area contributed by atoms with Crippen LogP contribution in [0.5, 0.6) is 11.5 Å². The van der Waals surface area contributed by atoms with E-state index in [4.69, 9.17) is 4.74 Å². The third kappa shape index (κ3) is 3.02. The molecule has 0 aliphatic rings. The lowest BCUT2D eigenvalue weighted by Crippen LogP contribution is -2.14. The van der Waals surface area contributed by atoms with Crippen molar-refractivity contribution in [3.8, 4) is 11.5 Å². The molecule has 2 N–H and O–H groups in total. The maximum atomic E-state index is 11.3. The van der Waals surface area contributed by atoms with E-state index in [0.29, 0.717) is 5.75 Å². The van der Waals surface area contributed by atoms with Crippen LogP contribution >= 0.6 is 0 Å². The van der Waals surface area contributed by atoms with Gasteiger partial charge in [0, 0.05) is 6.07 Å². The highest BCUT2D eigenvalue weighted by Crippen LogP contribution is 2.28. The summed E-state index contributed by atoms with van der Waals surface area (Å²) in [4.78, 5) is 0. The topological polar surface area (TPSA) is 75.6 Å². The Morgan fingerprint density at radius 1 is 1.47 bits per heavy atom. The van der Waals surface area contributed by atoms with E-state index in [1.54, 1.807) is 6.07 Å². The van der Waals surface area contributed by atoms with Crippen molar-refractivity contribution in [3.63, 3.8) is 0 Å². The summed E-state index contributed by atoms with van der Waals surface area (Å²) in [7, 11) is -1.92. The second kappa shape index (κ2) is 4.39. The van der Waals surface area contributed by atoms with E-state index in [0.717, 1.165) is 0 Å². The van der Waals surface area contributed by atoms with E-state index in [1.807, 2.05) is 0 Å². The predicted octanol–water partition coefficient (Wildman–Crippen LogP) is 1.16. The van der Waals surface area contributed by atoms with Gasteiger partial charge in [-0.3, -0.25) is 4.72 Å². The first-order valence-corrected chi connectivity index (χ1v) is 6.01. The molecule has 0 radical (unpaired) electrons. The van der Waals surface area contributed by atoms with E-state index in [2.05, 4.69) is 4.72 Å². The Balaban J connectivity index is 3.04. The minimum atomic E-state index is -3.39. The van der Waals surface area contributed by atoms with Crippen LogP contribution in [0.25, 0.3) is 0 Å². The fraction of sp³-hybridized carbons (Fsp3) is 0.333. The van der Waals surface area contributed by atoms with Crippen LogP contribution < -0.4 is 9.46 Å². The number of hydrogen-bond acceptors (Lipinski definition) is 4. The van der Waals surface area contributed by atoms with Crippen LogP contribution in [0.15, 0.2) is 18.2 Å². The number of hydrogen-bond donors (Lipinski definition) is 2. The summed E-state index contributed by atoms with van der Waals surface area (Å²) in [6, 6.07) is 4.33. The van der Waals surface area contributed by atoms with E-state index < -0.39 is 10.0 Å². The number of sulfonamides is 1. The highest BCUT2D eigenvalue weighted by atomic mass is 32.2. The second-order valence-corrected chi connectivity index (χ2v) is 4.90. The average Bonchev–Trinajstić information content (AvgIpc) is 2.21. The third-order valence-electron chi connectivity index (χ3n) is 1.85. The van der Waals surface area contributed by atoms with Gasteiger partial charge in [-0.2, -0.15) is 0 Å². The summed E-state index contributed by atoms with van der Waals surface area (Å²) in [5.74, 6) is 0.290. The Morgan fingerprint density at radius 3 is 2.67 bits per heavy atom. The number of methoxy groups -OCH3 is 1. The largest absolute Gasteiger partial charge is 0.506 e. The number of anilines is 1. The average molecular weight is 231 g/mol. The van der Waals surface area contributed by atoms with E-state index in [9.17, 15) is 13.5 Å². The fourth-order valence-corrected chi connectivity index (χ4v) is 1.61. The molecule has 0 fully saturated rings. The first-order valence-electron chi connectivity index (χ1n) is 4.36. The molecule has 84 valence electrons. The number of rotatable bonds is 4. The zero-order valence-electron chi connectivity index (χ0n) is 8.52. The van der Waals surface area contributed by atoms with Crippen LogP contribution in [0, 0.1) is 0 Å². The van der Waals surface area contributed by atoms with Crippen molar-refractivity contribution >= 4 is 15.7 Å². The van der Waals surface area contributed by atoms with Crippen molar-refractivity contribution in [1.82, 2.24) is 0 Å². The highest BCUT2D eigenvalue weighted by molar-refractivity contribution is 7.92. The summed E-state index contributed by atoms with van der Waals surface area (Å²) >= 11 is 0. The molecule has 1 aromatic carbocycles. The van der Waals surface area contributed by atoms with E-state index >= 15 is 0 Å². The van der Waals surface area contributed by atoms with Gasteiger partial charge in [-0.1, -0.05) is 0 Å². The molecule has 6 heteroatoms. The molecule has 0 saturated heterocycles. The van der Waals surface area contributed by atoms with Gasteiger partial charge in [0.25, 0.3) is 0 Å². The second-order valence-electron chi connectivity index (χ2n) is 2.89. The lowest BCUT2D eigenvalue weighted by molar-refractivity contribution is 0.413. The molecule has 1 rings (SSSR count). The minimum absolute atomic E-state index is 0.0519. The van der Waals surface area contributed by atoms with E-state index in [1.165, 1.54) is 26.2 Å². The minimum Gasteiger partial charge on any atom is -0.506 e. The quantitative estimate of drug-likeness (QED) is 0.762. The molecule has 0 aromatic heterocycles. The van der Waals surface area contributed by atoms with Gasteiger partial charge in [-0.05, 0) is 19.1 Å². The Labute approximate surface area is 88.7 Å². The summed E-state index contributed by atoms with van der Waals surface area (Å²) < 4.78 is 29.7. The summed E-state index contributed by atoms with van der Waals surface area (Å²) in [6.45, 7) is 1.51. The van der Waals surface area contributed by atoms with Gasteiger partial charge in [0.1, 0.15) is 11.5 Å². The van der Waals surface area contributed by atoms with Crippen LogP contribution in [-0.2, 0) is 10.0 Å². The van der Waals surface area contributed by atoms with Gasteiger partial charge in [0.05, 0.1) is 18.6 Å². The molecule has 15 heavy (non-hydrogen) atoms. The van der Waals surface area contributed by atoms with Crippen LogP contribution in [0.4, 0.5) is 5.69 Å². The molecule has 0 aliphatic carbocycles. The van der Waals surface area contributed by atoms with Crippen molar-refractivity contribution in [3.05, 3.63) is 18.2 Å². The van der Waals surface area contributed by atoms with Crippen molar-refractivity contribution < 1.29 is 18.3 Å². The van der Waals surface area contributed by atoms with Gasteiger partial charge in [-0.25, -0.2) is 8.42 Å². The number of phenolic OH excluding ortho intramolecular Hbond substituents is 1. The molecule has 0 saturated carbocycles. The maximum Gasteiger partial charge on any atom is 0.232 e. The zero-order valence-corrected chi connectivity index (χ0v) is 9.34. The summed E-state index contributed by atoms with van der Waals surface area (Å²) in [5, 5.41) is 9.41. The lowest BCUT2D eigenvalue weighted by Gasteiger charge is -2.09. The van der Waals surface area contributed by atoms with Crippen LogP contribution in [0.1, 0.15) is 6.92 Å². The standard InChI is InChI=1S/C9H13NO4S/c1-3-15(12,13)10-8-6-7(14-2)4-5-9(8)11/h4-6,10-11H,3H2,1-2H3. The van der Waals surface area contributed by atoms with Crippen LogP contribution in [0.3, 0.4) is 0 Å².